The Morgan fingerprint density at radius 2 is 1.62 bits per heavy atom. The van der Waals surface area contributed by atoms with Crippen molar-refractivity contribution >= 4 is 31.9 Å². The van der Waals surface area contributed by atoms with Gasteiger partial charge in [0.05, 0.1) is 0 Å². The summed E-state index contributed by atoms with van der Waals surface area (Å²) >= 11 is 6.38. The van der Waals surface area contributed by atoms with Gasteiger partial charge in [0.15, 0.2) is 0 Å². The molecule has 0 radical (unpaired) electrons. The van der Waals surface area contributed by atoms with Gasteiger partial charge in [0, 0.05) is 15.1 Å². The van der Waals surface area contributed by atoms with Crippen LogP contribution >= 0.6 is 31.9 Å². The molecule has 1 heterocycles. The summed E-state index contributed by atoms with van der Waals surface area (Å²) in [6.45, 7) is 3.67. The van der Waals surface area contributed by atoms with Gasteiger partial charge in [-0.3, -0.25) is 0 Å². The lowest BCUT2D eigenvalue weighted by molar-refractivity contribution is -0.138. The molecule has 0 aliphatic carbocycles. The van der Waals surface area contributed by atoms with Crippen LogP contribution in [0.15, 0.2) is 33.3 Å². The summed E-state index contributed by atoms with van der Waals surface area (Å²) in [6.07, 6.45) is -3.27. The number of alkyl halides is 3. The van der Waals surface area contributed by atoms with Crippen molar-refractivity contribution in [1.82, 2.24) is 4.98 Å². The maximum atomic E-state index is 13.0. The van der Waals surface area contributed by atoms with Gasteiger partial charge < -0.3 is 4.74 Å². The van der Waals surface area contributed by atoms with Crippen molar-refractivity contribution in [2.75, 3.05) is 0 Å². The van der Waals surface area contributed by atoms with Gasteiger partial charge in [-0.1, -0.05) is 15.9 Å². The molecular weight excluding hydrogens is 415 g/mol. The van der Waals surface area contributed by atoms with Gasteiger partial charge >= 0.3 is 6.18 Å². The van der Waals surface area contributed by atoms with Crippen LogP contribution in [-0.4, -0.2) is 4.98 Å². The fraction of sp³-hybridized carbons (Fsp3) is 0.214. The Balaban J connectivity index is 2.45. The Morgan fingerprint density at radius 1 is 1.05 bits per heavy atom. The lowest BCUT2D eigenvalue weighted by atomic mass is 10.1. The summed E-state index contributed by atoms with van der Waals surface area (Å²) < 4.78 is 45.5. The molecule has 0 amide bonds. The van der Waals surface area contributed by atoms with Crippen molar-refractivity contribution in [3.8, 4) is 11.6 Å². The average molecular weight is 425 g/mol. The highest BCUT2D eigenvalue weighted by Gasteiger charge is 2.35. The average Bonchev–Trinajstić information content (AvgIpc) is 2.37. The molecule has 0 saturated heterocycles. The van der Waals surface area contributed by atoms with E-state index in [0.29, 0.717) is 5.75 Å². The van der Waals surface area contributed by atoms with E-state index in [1.54, 1.807) is 12.1 Å². The molecule has 0 spiro atoms. The van der Waals surface area contributed by atoms with Crippen molar-refractivity contribution in [3.05, 3.63) is 50.0 Å². The zero-order valence-corrected chi connectivity index (χ0v) is 14.2. The van der Waals surface area contributed by atoms with Crippen LogP contribution in [0.1, 0.15) is 16.7 Å². The molecule has 0 fully saturated rings. The van der Waals surface area contributed by atoms with E-state index in [0.717, 1.165) is 21.7 Å². The van der Waals surface area contributed by atoms with E-state index in [2.05, 4.69) is 36.8 Å². The highest BCUT2D eigenvalue weighted by Crippen LogP contribution is 2.38. The maximum Gasteiger partial charge on any atom is 0.421 e. The molecule has 0 N–H and O–H groups in total. The minimum Gasteiger partial charge on any atom is -0.438 e. The number of rotatable bonds is 2. The summed E-state index contributed by atoms with van der Waals surface area (Å²) in [5, 5.41) is 0. The summed E-state index contributed by atoms with van der Waals surface area (Å²) in [4.78, 5) is 3.72. The molecule has 7 heteroatoms. The Kier molecular flexibility index (Phi) is 4.63. The third-order valence-electron chi connectivity index (χ3n) is 2.75. The maximum absolute atomic E-state index is 13.0. The van der Waals surface area contributed by atoms with Crippen molar-refractivity contribution in [2.45, 2.75) is 20.0 Å². The summed E-state index contributed by atoms with van der Waals surface area (Å²) in [5.41, 5.74) is 0.821. The van der Waals surface area contributed by atoms with Gasteiger partial charge in [-0.05, 0) is 59.1 Å². The molecule has 112 valence electrons. The molecule has 0 saturated carbocycles. The molecule has 2 aromatic rings. The number of pyridine rings is 1. The van der Waals surface area contributed by atoms with Gasteiger partial charge in [-0.15, -0.1) is 0 Å². The molecule has 0 bridgehead atoms. The number of benzene rings is 1. The Hall–Kier alpha value is -1.08. The van der Waals surface area contributed by atoms with Crippen molar-refractivity contribution in [2.24, 2.45) is 0 Å². The topological polar surface area (TPSA) is 22.1 Å². The monoisotopic (exact) mass is 423 g/mol. The van der Waals surface area contributed by atoms with Crippen LogP contribution < -0.4 is 4.74 Å². The molecular formula is C14H10Br2F3NO. The molecule has 0 aliphatic rings. The smallest absolute Gasteiger partial charge is 0.421 e. The summed E-state index contributed by atoms with van der Waals surface area (Å²) in [5.74, 6) is -0.152. The van der Waals surface area contributed by atoms with Crippen LogP contribution in [0.5, 0.6) is 11.6 Å². The van der Waals surface area contributed by atoms with E-state index in [1.807, 2.05) is 13.8 Å². The predicted molar refractivity (Wildman–Crippen MR) is 80.6 cm³/mol. The Labute approximate surface area is 136 Å². The number of halogens is 5. The number of hydrogen-bond acceptors (Lipinski definition) is 2. The van der Waals surface area contributed by atoms with Gasteiger partial charge in [0.1, 0.15) is 11.3 Å². The number of aryl methyl sites for hydroxylation is 2. The normalized spacial score (nSPS) is 11.6. The van der Waals surface area contributed by atoms with Gasteiger partial charge in [-0.25, -0.2) is 4.98 Å². The standard InChI is InChI=1S/C14H10Br2F3NO/c1-7-3-10(4-8(2)12(7)16)21-13-11(14(17,18)19)5-9(15)6-20-13/h3-6H,1-2H3. The first-order chi connectivity index (χ1) is 9.68. The lowest BCUT2D eigenvalue weighted by Gasteiger charge is -2.14. The van der Waals surface area contributed by atoms with Gasteiger partial charge in [0.2, 0.25) is 5.88 Å². The van der Waals surface area contributed by atoms with Crippen LogP contribution in [0.3, 0.4) is 0 Å². The highest BCUT2D eigenvalue weighted by molar-refractivity contribution is 9.10. The molecule has 2 nitrogen and oxygen atoms in total. The van der Waals surface area contributed by atoms with Gasteiger partial charge in [-0.2, -0.15) is 13.2 Å². The van der Waals surface area contributed by atoms with Crippen LogP contribution in [-0.2, 0) is 6.18 Å². The van der Waals surface area contributed by atoms with Crippen molar-refractivity contribution < 1.29 is 17.9 Å². The molecule has 1 aromatic heterocycles. The van der Waals surface area contributed by atoms with E-state index in [4.69, 9.17) is 4.74 Å². The minimum atomic E-state index is -4.54. The van der Waals surface area contributed by atoms with Crippen molar-refractivity contribution in [1.29, 1.82) is 0 Å². The van der Waals surface area contributed by atoms with E-state index >= 15 is 0 Å². The fourth-order valence-electron chi connectivity index (χ4n) is 1.79. The van der Waals surface area contributed by atoms with Crippen LogP contribution in [0, 0.1) is 13.8 Å². The first-order valence-electron chi connectivity index (χ1n) is 5.86. The number of aromatic nitrogens is 1. The van der Waals surface area contributed by atoms with E-state index in [-0.39, 0.29) is 4.47 Å². The third-order valence-corrected chi connectivity index (χ3v) is 4.43. The van der Waals surface area contributed by atoms with Crippen LogP contribution in [0.4, 0.5) is 13.2 Å². The fourth-order valence-corrected chi connectivity index (χ4v) is 2.35. The van der Waals surface area contributed by atoms with Crippen molar-refractivity contribution in [3.63, 3.8) is 0 Å². The van der Waals surface area contributed by atoms with Gasteiger partial charge in [0.25, 0.3) is 0 Å². The van der Waals surface area contributed by atoms with Crippen LogP contribution in [0.25, 0.3) is 0 Å². The molecule has 2 rings (SSSR count). The second-order valence-corrected chi connectivity index (χ2v) is 6.19. The minimum absolute atomic E-state index is 0.241. The first-order valence-corrected chi connectivity index (χ1v) is 7.44. The quantitative estimate of drug-likeness (QED) is 0.586. The molecule has 0 aliphatic heterocycles. The van der Waals surface area contributed by atoms with E-state index in [9.17, 15) is 13.2 Å². The summed E-state index contributed by atoms with van der Waals surface area (Å²) in [6, 6.07) is 4.25. The predicted octanol–water partition coefficient (Wildman–Crippen LogP) is 6.03. The third kappa shape index (κ3) is 3.77. The Morgan fingerprint density at radius 3 is 2.14 bits per heavy atom. The molecule has 0 atom stereocenters. The molecule has 0 unspecified atom stereocenters. The number of nitrogens with zero attached hydrogens (tertiary/aromatic N) is 1. The Bertz CT molecular complexity index is 663. The van der Waals surface area contributed by atoms with E-state index in [1.165, 1.54) is 6.20 Å². The number of ether oxygens (including phenoxy) is 1. The SMILES string of the molecule is Cc1cc(Oc2ncc(Br)cc2C(F)(F)F)cc(C)c1Br. The molecule has 21 heavy (non-hydrogen) atoms. The second-order valence-electron chi connectivity index (χ2n) is 4.48. The largest absolute Gasteiger partial charge is 0.438 e. The first kappa shape index (κ1) is 16.3. The zero-order chi connectivity index (χ0) is 15.8. The van der Waals surface area contributed by atoms with Crippen LogP contribution in [0.2, 0.25) is 0 Å². The lowest BCUT2D eigenvalue weighted by Crippen LogP contribution is -2.08. The second kappa shape index (κ2) is 5.96. The zero-order valence-electron chi connectivity index (χ0n) is 11.1. The number of hydrogen-bond donors (Lipinski definition) is 0. The molecule has 1 aromatic carbocycles. The highest BCUT2D eigenvalue weighted by atomic mass is 79.9. The summed E-state index contributed by atoms with van der Waals surface area (Å²) in [7, 11) is 0. The van der Waals surface area contributed by atoms with E-state index < -0.39 is 17.6 Å².